The van der Waals surface area contributed by atoms with E-state index in [0.29, 0.717) is 16.5 Å². The Morgan fingerprint density at radius 2 is 1.76 bits per heavy atom. The lowest BCUT2D eigenvalue weighted by Crippen LogP contribution is -2.01. The monoisotopic (exact) mass is 372 g/mol. The second-order valence-corrected chi connectivity index (χ2v) is 5.86. The van der Waals surface area contributed by atoms with E-state index in [4.69, 9.17) is 21.1 Å². The minimum absolute atomic E-state index is 0.156. The van der Waals surface area contributed by atoms with Crippen molar-refractivity contribution in [1.82, 2.24) is 0 Å². The molecule has 1 unspecified atom stereocenters. The minimum atomic E-state index is -0.254. The van der Waals surface area contributed by atoms with Gasteiger partial charge in [0.05, 0.1) is 19.0 Å². The third-order valence-corrected chi connectivity index (χ3v) is 4.64. The largest absolute Gasteiger partial charge is 0.495 e. The first kappa shape index (κ1) is 16.1. The average molecular weight is 374 g/mol. The van der Waals surface area contributed by atoms with Crippen molar-refractivity contribution >= 4 is 27.5 Å². The summed E-state index contributed by atoms with van der Waals surface area (Å²) in [7, 11) is 3.11. The Hall–Kier alpha value is -1.26. The summed E-state index contributed by atoms with van der Waals surface area (Å²) in [6, 6.07) is 8.36. The molecule has 0 aliphatic rings. The highest BCUT2D eigenvalue weighted by atomic mass is 79.9. The van der Waals surface area contributed by atoms with E-state index in [2.05, 4.69) is 15.9 Å². The van der Waals surface area contributed by atoms with Gasteiger partial charge in [0.15, 0.2) is 0 Å². The number of alkyl halides is 1. The van der Waals surface area contributed by atoms with Gasteiger partial charge < -0.3 is 9.47 Å². The molecule has 0 bridgehead atoms. The number of aryl methyl sites for hydroxylation is 1. The Morgan fingerprint density at radius 1 is 1.10 bits per heavy atom. The number of benzene rings is 2. The van der Waals surface area contributed by atoms with Crippen LogP contribution in [0.5, 0.6) is 11.5 Å². The van der Waals surface area contributed by atoms with Crippen molar-refractivity contribution in [2.45, 2.75) is 11.8 Å². The van der Waals surface area contributed by atoms with Crippen LogP contribution < -0.4 is 9.47 Å². The predicted molar refractivity (Wildman–Crippen MR) is 86.5 cm³/mol. The number of halogens is 3. The molecule has 0 spiro atoms. The fourth-order valence-corrected chi connectivity index (χ4v) is 3.41. The highest BCUT2D eigenvalue weighted by Gasteiger charge is 2.21. The molecule has 0 radical (unpaired) electrons. The van der Waals surface area contributed by atoms with Gasteiger partial charge >= 0.3 is 0 Å². The van der Waals surface area contributed by atoms with Crippen LogP contribution in [0.25, 0.3) is 0 Å². The number of hydrogen-bond acceptors (Lipinski definition) is 2. The van der Waals surface area contributed by atoms with Gasteiger partial charge in [-0.05, 0) is 36.2 Å². The van der Waals surface area contributed by atoms with E-state index >= 15 is 0 Å². The minimum Gasteiger partial charge on any atom is -0.495 e. The van der Waals surface area contributed by atoms with Crippen molar-refractivity contribution in [2.75, 3.05) is 14.2 Å². The maximum absolute atomic E-state index is 13.2. The lowest BCUT2D eigenvalue weighted by molar-refractivity contribution is 0.392. The average Bonchev–Trinajstić information content (AvgIpc) is 2.46. The van der Waals surface area contributed by atoms with Gasteiger partial charge in [0.1, 0.15) is 22.3 Å². The highest BCUT2D eigenvalue weighted by molar-refractivity contribution is 9.09. The quantitative estimate of drug-likeness (QED) is 0.678. The molecular formula is C16H15BrClFO2. The van der Waals surface area contributed by atoms with Crippen LogP contribution in [0.1, 0.15) is 21.5 Å². The van der Waals surface area contributed by atoms with E-state index in [1.54, 1.807) is 26.4 Å². The van der Waals surface area contributed by atoms with Crippen molar-refractivity contribution in [3.63, 3.8) is 0 Å². The maximum atomic E-state index is 13.2. The molecule has 0 fully saturated rings. The third kappa shape index (κ3) is 3.16. The lowest BCUT2D eigenvalue weighted by Gasteiger charge is -2.19. The summed E-state index contributed by atoms with van der Waals surface area (Å²) in [6.45, 7) is 1.87. The SMILES string of the molecule is COc1ccc(C(Br)c2ccc(F)cc2C)c(OC)c1Cl. The Bertz CT molecular complexity index is 661. The molecule has 5 heteroatoms. The molecule has 0 heterocycles. The molecule has 2 aromatic rings. The maximum Gasteiger partial charge on any atom is 0.145 e. The Kier molecular flexibility index (Phi) is 5.12. The van der Waals surface area contributed by atoms with Crippen molar-refractivity contribution in [3.8, 4) is 11.5 Å². The van der Waals surface area contributed by atoms with Crippen LogP contribution in [0.15, 0.2) is 30.3 Å². The Morgan fingerprint density at radius 3 is 2.33 bits per heavy atom. The molecule has 0 N–H and O–H groups in total. The zero-order valence-corrected chi connectivity index (χ0v) is 14.3. The fourth-order valence-electron chi connectivity index (χ4n) is 2.21. The number of methoxy groups -OCH3 is 2. The van der Waals surface area contributed by atoms with E-state index in [-0.39, 0.29) is 10.6 Å². The summed E-state index contributed by atoms with van der Waals surface area (Å²) in [6.07, 6.45) is 0. The molecular weight excluding hydrogens is 359 g/mol. The molecule has 1 atom stereocenters. The topological polar surface area (TPSA) is 18.5 Å². The Balaban J connectivity index is 2.52. The third-order valence-electron chi connectivity index (χ3n) is 3.29. The zero-order chi connectivity index (χ0) is 15.6. The summed E-state index contributed by atoms with van der Waals surface area (Å²) >= 11 is 9.92. The van der Waals surface area contributed by atoms with Crippen molar-refractivity contribution in [1.29, 1.82) is 0 Å². The summed E-state index contributed by atoms with van der Waals surface area (Å²) in [5.41, 5.74) is 2.67. The molecule has 2 aromatic carbocycles. The summed E-state index contributed by atoms with van der Waals surface area (Å²) in [5, 5.41) is 0.418. The van der Waals surface area contributed by atoms with Crippen LogP contribution >= 0.6 is 27.5 Å². The van der Waals surface area contributed by atoms with E-state index < -0.39 is 0 Å². The van der Waals surface area contributed by atoms with Crippen LogP contribution in [-0.2, 0) is 0 Å². The number of rotatable bonds is 4. The molecule has 2 rings (SSSR count). The summed E-state index contributed by atoms with van der Waals surface area (Å²) < 4.78 is 23.8. The molecule has 0 saturated carbocycles. The Labute approximate surface area is 137 Å². The predicted octanol–water partition coefficient (Wildman–Crippen LogP) is 5.29. The summed E-state index contributed by atoms with van der Waals surface area (Å²) in [4.78, 5) is -0.156. The van der Waals surface area contributed by atoms with Crippen molar-refractivity contribution < 1.29 is 13.9 Å². The van der Waals surface area contributed by atoms with E-state index in [1.807, 2.05) is 13.0 Å². The van der Waals surface area contributed by atoms with E-state index in [9.17, 15) is 4.39 Å². The number of ether oxygens (including phenoxy) is 2. The molecule has 0 aliphatic heterocycles. The highest BCUT2D eigenvalue weighted by Crippen LogP contribution is 2.44. The molecule has 0 saturated heterocycles. The summed E-state index contributed by atoms with van der Waals surface area (Å²) in [5.74, 6) is 0.838. The normalized spacial score (nSPS) is 12.1. The zero-order valence-electron chi connectivity index (χ0n) is 11.9. The van der Waals surface area contributed by atoms with Gasteiger partial charge in [0, 0.05) is 5.56 Å². The van der Waals surface area contributed by atoms with Crippen LogP contribution in [0, 0.1) is 12.7 Å². The number of hydrogen-bond donors (Lipinski definition) is 0. The second-order valence-electron chi connectivity index (χ2n) is 4.57. The van der Waals surface area contributed by atoms with Gasteiger partial charge in [-0.2, -0.15) is 0 Å². The van der Waals surface area contributed by atoms with Crippen LogP contribution in [0.2, 0.25) is 5.02 Å². The molecule has 2 nitrogen and oxygen atoms in total. The van der Waals surface area contributed by atoms with E-state index in [1.165, 1.54) is 12.1 Å². The standard InChI is InChI=1S/C16H15BrClFO2/c1-9-8-10(19)4-5-11(9)14(17)12-6-7-13(20-2)15(18)16(12)21-3/h4-8,14H,1-3H3. The van der Waals surface area contributed by atoms with E-state index in [0.717, 1.165) is 16.7 Å². The first-order valence-electron chi connectivity index (χ1n) is 6.30. The van der Waals surface area contributed by atoms with Gasteiger partial charge in [0.2, 0.25) is 0 Å². The van der Waals surface area contributed by atoms with Crippen molar-refractivity contribution in [2.24, 2.45) is 0 Å². The van der Waals surface area contributed by atoms with Crippen LogP contribution in [-0.4, -0.2) is 14.2 Å². The van der Waals surface area contributed by atoms with Gasteiger partial charge in [-0.1, -0.05) is 39.7 Å². The second kappa shape index (κ2) is 6.67. The van der Waals surface area contributed by atoms with Crippen LogP contribution in [0.3, 0.4) is 0 Å². The van der Waals surface area contributed by atoms with Gasteiger partial charge in [-0.3, -0.25) is 0 Å². The first-order valence-corrected chi connectivity index (χ1v) is 7.59. The fraction of sp³-hybridized carbons (Fsp3) is 0.250. The van der Waals surface area contributed by atoms with Gasteiger partial charge in [-0.15, -0.1) is 0 Å². The smallest absolute Gasteiger partial charge is 0.145 e. The molecule has 21 heavy (non-hydrogen) atoms. The van der Waals surface area contributed by atoms with Gasteiger partial charge in [0.25, 0.3) is 0 Å². The van der Waals surface area contributed by atoms with Gasteiger partial charge in [-0.25, -0.2) is 4.39 Å². The molecule has 112 valence electrons. The molecule has 0 amide bonds. The molecule has 0 aromatic heterocycles. The lowest BCUT2D eigenvalue weighted by atomic mass is 9.99. The molecule has 0 aliphatic carbocycles. The van der Waals surface area contributed by atoms with Crippen molar-refractivity contribution in [3.05, 3.63) is 57.9 Å². The van der Waals surface area contributed by atoms with Crippen LogP contribution in [0.4, 0.5) is 4.39 Å². The first-order chi connectivity index (χ1) is 9.99.